The largest absolute Gasteiger partial charge is 0.465 e. The molecule has 0 fully saturated rings. The van der Waals surface area contributed by atoms with Crippen LogP contribution in [0.1, 0.15) is 10.4 Å². The second-order valence-electron chi connectivity index (χ2n) is 1.90. The first-order valence-electron chi connectivity index (χ1n) is 3.13. The SMILES string of the molecule is CNc1sccc1C(=O)OC. The highest BCUT2D eigenvalue weighted by Gasteiger charge is 2.10. The predicted octanol–water partition coefficient (Wildman–Crippen LogP) is 1.58. The molecule has 0 aliphatic rings. The Morgan fingerprint density at radius 2 is 2.45 bits per heavy atom. The first-order valence-corrected chi connectivity index (χ1v) is 4.01. The summed E-state index contributed by atoms with van der Waals surface area (Å²) in [7, 11) is 3.15. The lowest BCUT2D eigenvalue weighted by Crippen LogP contribution is -2.02. The van der Waals surface area contributed by atoms with Crippen molar-refractivity contribution >= 4 is 22.3 Å². The van der Waals surface area contributed by atoms with Crippen LogP contribution in [0.2, 0.25) is 0 Å². The molecule has 0 aliphatic heterocycles. The van der Waals surface area contributed by atoms with Crippen molar-refractivity contribution in [3.8, 4) is 0 Å². The molecule has 60 valence electrons. The van der Waals surface area contributed by atoms with Gasteiger partial charge in [-0.05, 0) is 11.4 Å². The molecule has 1 aromatic rings. The van der Waals surface area contributed by atoms with E-state index in [4.69, 9.17) is 0 Å². The quantitative estimate of drug-likeness (QED) is 0.686. The van der Waals surface area contributed by atoms with E-state index in [1.165, 1.54) is 18.4 Å². The number of hydrogen-bond acceptors (Lipinski definition) is 4. The molecule has 4 heteroatoms. The molecule has 1 aromatic heterocycles. The molecule has 1 heterocycles. The minimum Gasteiger partial charge on any atom is -0.465 e. The highest BCUT2D eigenvalue weighted by Crippen LogP contribution is 2.22. The van der Waals surface area contributed by atoms with E-state index in [-0.39, 0.29) is 5.97 Å². The third-order valence-corrected chi connectivity index (χ3v) is 2.23. The third-order valence-electron chi connectivity index (χ3n) is 1.30. The minimum absolute atomic E-state index is 0.296. The van der Waals surface area contributed by atoms with Crippen molar-refractivity contribution in [1.29, 1.82) is 0 Å². The second-order valence-corrected chi connectivity index (χ2v) is 2.82. The third kappa shape index (κ3) is 1.51. The van der Waals surface area contributed by atoms with Crippen molar-refractivity contribution in [1.82, 2.24) is 0 Å². The summed E-state index contributed by atoms with van der Waals surface area (Å²) in [5.41, 5.74) is 0.597. The Kier molecular flexibility index (Phi) is 2.48. The first kappa shape index (κ1) is 8.07. The summed E-state index contributed by atoms with van der Waals surface area (Å²) >= 11 is 1.48. The maximum Gasteiger partial charge on any atom is 0.340 e. The molecular formula is C7H9NO2S. The molecule has 11 heavy (non-hydrogen) atoms. The first-order chi connectivity index (χ1) is 5.29. The van der Waals surface area contributed by atoms with E-state index < -0.39 is 0 Å². The lowest BCUT2D eigenvalue weighted by atomic mass is 10.3. The molecule has 3 nitrogen and oxygen atoms in total. The molecule has 0 aliphatic carbocycles. The van der Waals surface area contributed by atoms with Crippen molar-refractivity contribution in [2.45, 2.75) is 0 Å². The van der Waals surface area contributed by atoms with Crippen LogP contribution in [-0.2, 0) is 4.74 Å². The fourth-order valence-corrected chi connectivity index (χ4v) is 1.51. The van der Waals surface area contributed by atoms with E-state index in [1.54, 1.807) is 13.1 Å². The Balaban J connectivity index is 2.92. The zero-order valence-corrected chi connectivity index (χ0v) is 7.20. The summed E-state index contributed by atoms with van der Waals surface area (Å²) in [6.45, 7) is 0. The fraction of sp³-hybridized carbons (Fsp3) is 0.286. The van der Waals surface area contributed by atoms with Gasteiger partial charge in [0.2, 0.25) is 0 Å². The molecule has 0 bridgehead atoms. The van der Waals surface area contributed by atoms with Crippen molar-refractivity contribution < 1.29 is 9.53 Å². The van der Waals surface area contributed by atoms with Crippen LogP contribution >= 0.6 is 11.3 Å². The van der Waals surface area contributed by atoms with Gasteiger partial charge in [0, 0.05) is 7.05 Å². The average molecular weight is 171 g/mol. The molecule has 0 radical (unpaired) electrons. The normalized spacial score (nSPS) is 9.27. The molecule has 1 N–H and O–H groups in total. The number of rotatable bonds is 2. The van der Waals surface area contributed by atoms with Crippen molar-refractivity contribution in [2.24, 2.45) is 0 Å². The Morgan fingerprint density at radius 1 is 1.73 bits per heavy atom. The Morgan fingerprint density at radius 3 is 3.00 bits per heavy atom. The van der Waals surface area contributed by atoms with Crippen molar-refractivity contribution in [3.63, 3.8) is 0 Å². The smallest absolute Gasteiger partial charge is 0.340 e. The molecule has 0 saturated carbocycles. The summed E-state index contributed by atoms with van der Waals surface area (Å²) in [5.74, 6) is -0.296. The average Bonchev–Trinajstić information content (AvgIpc) is 2.50. The number of esters is 1. The predicted molar refractivity (Wildman–Crippen MR) is 45.2 cm³/mol. The van der Waals surface area contributed by atoms with Gasteiger partial charge in [0.1, 0.15) is 5.00 Å². The van der Waals surface area contributed by atoms with Gasteiger partial charge in [-0.25, -0.2) is 4.79 Å². The van der Waals surface area contributed by atoms with Gasteiger partial charge < -0.3 is 10.1 Å². The van der Waals surface area contributed by atoms with E-state index in [2.05, 4.69) is 10.1 Å². The minimum atomic E-state index is -0.296. The van der Waals surface area contributed by atoms with Crippen LogP contribution in [0.25, 0.3) is 0 Å². The molecule has 0 aromatic carbocycles. The summed E-state index contributed by atoms with van der Waals surface area (Å²) < 4.78 is 4.56. The maximum atomic E-state index is 11.0. The van der Waals surface area contributed by atoms with Gasteiger partial charge in [-0.2, -0.15) is 0 Å². The van der Waals surface area contributed by atoms with Gasteiger partial charge in [0.25, 0.3) is 0 Å². The molecule has 0 atom stereocenters. The number of nitrogens with one attached hydrogen (secondary N) is 1. The molecule has 0 unspecified atom stereocenters. The zero-order chi connectivity index (χ0) is 8.27. The molecule has 1 rings (SSSR count). The monoisotopic (exact) mass is 171 g/mol. The van der Waals surface area contributed by atoms with Gasteiger partial charge in [-0.3, -0.25) is 0 Å². The van der Waals surface area contributed by atoms with E-state index in [0.29, 0.717) is 5.56 Å². The van der Waals surface area contributed by atoms with Crippen LogP contribution in [-0.4, -0.2) is 20.1 Å². The number of hydrogen-bond donors (Lipinski definition) is 1. The second kappa shape index (κ2) is 3.39. The number of carbonyl (C=O) groups excluding carboxylic acids is 1. The van der Waals surface area contributed by atoms with E-state index in [1.807, 2.05) is 5.38 Å². The highest BCUT2D eigenvalue weighted by atomic mass is 32.1. The van der Waals surface area contributed by atoms with Crippen molar-refractivity contribution in [3.05, 3.63) is 17.0 Å². The van der Waals surface area contributed by atoms with Crippen LogP contribution in [0.3, 0.4) is 0 Å². The molecule has 0 amide bonds. The summed E-state index contributed by atoms with van der Waals surface area (Å²) in [5, 5.41) is 5.60. The lowest BCUT2D eigenvalue weighted by Gasteiger charge is -1.99. The van der Waals surface area contributed by atoms with Gasteiger partial charge >= 0.3 is 5.97 Å². The Labute approximate surface area is 69.0 Å². The van der Waals surface area contributed by atoms with Gasteiger partial charge in [-0.15, -0.1) is 11.3 Å². The van der Waals surface area contributed by atoms with E-state index in [0.717, 1.165) is 5.00 Å². The maximum absolute atomic E-state index is 11.0. The number of anilines is 1. The van der Waals surface area contributed by atoms with Crippen LogP contribution in [0.15, 0.2) is 11.4 Å². The molecule has 0 spiro atoms. The highest BCUT2D eigenvalue weighted by molar-refractivity contribution is 7.14. The fourth-order valence-electron chi connectivity index (χ4n) is 0.774. The van der Waals surface area contributed by atoms with Crippen molar-refractivity contribution in [2.75, 3.05) is 19.5 Å². The van der Waals surface area contributed by atoms with Crippen LogP contribution in [0.4, 0.5) is 5.00 Å². The zero-order valence-electron chi connectivity index (χ0n) is 6.38. The van der Waals surface area contributed by atoms with Crippen LogP contribution in [0.5, 0.6) is 0 Å². The number of methoxy groups -OCH3 is 1. The number of carbonyl (C=O) groups is 1. The topological polar surface area (TPSA) is 38.3 Å². The molecular weight excluding hydrogens is 162 g/mol. The standard InChI is InChI=1S/C7H9NO2S/c1-8-6-5(3-4-11-6)7(9)10-2/h3-4,8H,1-2H3. The van der Waals surface area contributed by atoms with E-state index >= 15 is 0 Å². The number of thiophene rings is 1. The number of ether oxygens (including phenoxy) is 1. The van der Waals surface area contributed by atoms with E-state index in [9.17, 15) is 4.79 Å². The summed E-state index contributed by atoms with van der Waals surface area (Å²) in [6.07, 6.45) is 0. The molecule has 0 saturated heterocycles. The summed E-state index contributed by atoms with van der Waals surface area (Å²) in [4.78, 5) is 11.0. The Hall–Kier alpha value is -1.03. The lowest BCUT2D eigenvalue weighted by molar-refractivity contribution is 0.0602. The van der Waals surface area contributed by atoms with Crippen LogP contribution < -0.4 is 5.32 Å². The van der Waals surface area contributed by atoms with Gasteiger partial charge in [0.05, 0.1) is 12.7 Å². The Bertz CT molecular complexity index is 257. The van der Waals surface area contributed by atoms with Gasteiger partial charge in [-0.1, -0.05) is 0 Å². The van der Waals surface area contributed by atoms with Gasteiger partial charge in [0.15, 0.2) is 0 Å². The van der Waals surface area contributed by atoms with Crippen LogP contribution in [0, 0.1) is 0 Å². The summed E-state index contributed by atoms with van der Waals surface area (Å²) in [6, 6.07) is 1.74.